The first kappa shape index (κ1) is 8.13. The number of benzene rings is 1. The van der Waals surface area contributed by atoms with Crippen molar-refractivity contribution in [2.75, 3.05) is 0 Å². The number of aromatic hydroxyl groups is 1. The van der Waals surface area contributed by atoms with Crippen LogP contribution in [-0.2, 0) is 0 Å². The van der Waals surface area contributed by atoms with E-state index in [-0.39, 0.29) is 11.0 Å². The van der Waals surface area contributed by atoms with E-state index in [9.17, 15) is 5.11 Å². The molecule has 66 valence electrons. The molecule has 1 aromatic carbocycles. The Morgan fingerprint density at radius 2 is 2.00 bits per heavy atom. The molecule has 0 saturated heterocycles. The summed E-state index contributed by atoms with van der Waals surface area (Å²) in [7, 11) is 0. The van der Waals surface area contributed by atoms with E-state index < -0.39 is 0 Å². The van der Waals surface area contributed by atoms with Crippen molar-refractivity contribution in [1.29, 1.82) is 0 Å². The lowest BCUT2D eigenvalue weighted by molar-refractivity contribution is 0.422. The number of hydrogen-bond acceptors (Lipinski definition) is 3. The van der Waals surface area contributed by atoms with Crippen molar-refractivity contribution in [2.24, 2.45) is 0 Å². The largest absolute Gasteiger partial charge is 0.507 e. The second kappa shape index (κ2) is 3.11. The van der Waals surface area contributed by atoms with Crippen LogP contribution in [0, 0.1) is 0 Å². The number of hydrogen-bond donors (Lipinski definition) is 1. The molecule has 1 heterocycles. The minimum Gasteiger partial charge on any atom is -0.507 e. The van der Waals surface area contributed by atoms with Crippen LogP contribution >= 0.6 is 11.6 Å². The van der Waals surface area contributed by atoms with Gasteiger partial charge >= 0.3 is 0 Å². The molecule has 0 aliphatic carbocycles. The van der Waals surface area contributed by atoms with Crippen molar-refractivity contribution >= 4 is 11.6 Å². The van der Waals surface area contributed by atoms with Crippen LogP contribution < -0.4 is 0 Å². The van der Waals surface area contributed by atoms with Gasteiger partial charge in [0.1, 0.15) is 5.75 Å². The Morgan fingerprint density at radius 1 is 1.23 bits per heavy atom. The van der Waals surface area contributed by atoms with E-state index in [4.69, 9.17) is 11.6 Å². The monoisotopic (exact) mass is 195 g/mol. The molecule has 13 heavy (non-hydrogen) atoms. The van der Waals surface area contributed by atoms with Gasteiger partial charge in [0, 0.05) is 5.56 Å². The van der Waals surface area contributed by atoms with Gasteiger partial charge in [-0.3, -0.25) is 0 Å². The number of phenolic OH excluding ortho intramolecular Hbond substituents is 1. The molecular weight excluding hydrogens is 190 g/mol. The Balaban J connectivity index is 2.59. The van der Waals surface area contributed by atoms with Crippen LogP contribution in [0.4, 0.5) is 0 Å². The summed E-state index contributed by atoms with van der Waals surface area (Å²) < 4.78 is 4.68. The van der Waals surface area contributed by atoms with E-state index in [1.165, 1.54) is 6.20 Å². The molecule has 0 aliphatic heterocycles. The number of nitrogens with zero attached hydrogens (tertiary/aromatic N) is 1. The zero-order valence-corrected chi connectivity index (χ0v) is 7.32. The van der Waals surface area contributed by atoms with Gasteiger partial charge in [0.15, 0.2) is 0 Å². The lowest BCUT2D eigenvalue weighted by Crippen LogP contribution is -1.75. The normalized spacial score (nSPS) is 10.2. The molecule has 0 saturated carbocycles. The predicted octanol–water partition coefficient (Wildman–Crippen LogP) is 2.70. The van der Waals surface area contributed by atoms with E-state index in [0.29, 0.717) is 11.1 Å². The molecule has 2 aromatic rings. The summed E-state index contributed by atoms with van der Waals surface area (Å²) in [6, 6.07) is 6.87. The smallest absolute Gasteiger partial charge is 0.233 e. The summed E-state index contributed by atoms with van der Waals surface area (Å²) >= 11 is 5.71. The molecule has 1 aromatic heterocycles. The van der Waals surface area contributed by atoms with Crippen molar-refractivity contribution < 1.29 is 9.63 Å². The maximum atomic E-state index is 9.48. The SMILES string of the molecule is Oc1ccccc1-c1cnoc1Cl. The summed E-state index contributed by atoms with van der Waals surface area (Å²) in [5.41, 5.74) is 1.22. The lowest BCUT2D eigenvalue weighted by atomic mass is 10.1. The molecular formula is C9H6ClNO2. The second-order valence-corrected chi connectivity index (χ2v) is 2.87. The van der Waals surface area contributed by atoms with Crippen molar-refractivity contribution in [3.63, 3.8) is 0 Å². The molecule has 0 fully saturated rings. The fraction of sp³-hybridized carbons (Fsp3) is 0. The Kier molecular flexibility index (Phi) is 1.94. The minimum absolute atomic E-state index is 0.160. The molecule has 2 rings (SSSR count). The van der Waals surface area contributed by atoms with Crippen LogP contribution in [-0.4, -0.2) is 10.3 Å². The van der Waals surface area contributed by atoms with Gasteiger partial charge in [-0.05, 0) is 17.7 Å². The Labute approximate surface area is 79.6 Å². The number of phenols is 1. The first-order valence-corrected chi connectivity index (χ1v) is 4.05. The summed E-state index contributed by atoms with van der Waals surface area (Å²) in [5.74, 6) is 0.160. The maximum Gasteiger partial charge on any atom is 0.233 e. The topological polar surface area (TPSA) is 46.3 Å². The highest BCUT2D eigenvalue weighted by Crippen LogP contribution is 2.33. The average Bonchev–Trinajstić information content (AvgIpc) is 2.52. The van der Waals surface area contributed by atoms with Gasteiger partial charge in [-0.25, -0.2) is 0 Å². The third-order valence-corrected chi connectivity index (χ3v) is 1.99. The van der Waals surface area contributed by atoms with Crippen LogP contribution in [0.15, 0.2) is 35.0 Å². The van der Waals surface area contributed by atoms with E-state index in [2.05, 4.69) is 9.68 Å². The number of rotatable bonds is 1. The maximum absolute atomic E-state index is 9.48. The van der Waals surface area contributed by atoms with Crippen LogP contribution in [0.2, 0.25) is 5.22 Å². The quantitative estimate of drug-likeness (QED) is 0.761. The van der Waals surface area contributed by atoms with E-state index in [1.54, 1.807) is 24.3 Å². The molecule has 0 atom stereocenters. The lowest BCUT2D eigenvalue weighted by Gasteiger charge is -1.99. The van der Waals surface area contributed by atoms with Crippen molar-refractivity contribution in [2.45, 2.75) is 0 Å². The Bertz CT molecular complexity index is 425. The van der Waals surface area contributed by atoms with Gasteiger partial charge in [0.05, 0.1) is 11.8 Å². The Hall–Kier alpha value is -1.48. The van der Waals surface area contributed by atoms with Gasteiger partial charge in [-0.2, -0.15) is 0 Å². The molecule has 0 spiro atoms. The number of aromatic nitrogens is 1. The molecule has 1 N–H and O–H groups in total. The summed E-state index contributed by atoms with van der Waals surface area (Å²) in [4.78, 5) is 0. The van der Waals surface area contributed by atoms with E-state index in [0.717, 1.165) is 0 Å². The number of halogens is 1. The first-order chi connectivity index (χ1) is 6.29. The molecule has 0 aliphatic rings. The molecule has 0 radical (unpaired) electrons. The average molecular weight is 196 g/mol. The standard InChI is InChI=1S/C9H6ClNO2/c10-9-7(5-11-13-9)6-3-1-2-4-8(6)12/h1-5,12H. The third kappa shape index (κ3) is 1.38. The first-order valence-electron chi connectivity index (χ1n) is 3.67. The predicted molar refractivity (Wildman–Crippen MR) is 48.6 cm³/mol. The van der Waals surface area contributed by atoms with Gasteiger partial charge in [-0.15, -0.1) is 0 Å². The molecule has 4 heteroatoms. The van der Waals surface area contributed by atoms with Crippen molar-refractivity contribution in [1.82, 2.24) is 5.16 Å². The van der Waals surface area contributed by atoms with E-state index in [1.807, 2.05) is 0 Å². The summed E-state index contributed by atoms with van der Waals surface area (Å²) in [6.07, 6.45) is 1.47. The summed E-state index contributed by atoms with van der Waals surface area (Å²) in [6.45, 7) is 0. The minimum atomic E-state index is 0.160. The highest BCUT2D eigenvalue weighted by molar-refractivity contribution is 6.31. The fourth-order valence-corrected chi connectivity index (χ4v) is 1.29. The number of para-hydroxylation sites is 1. The second-order valence-electron chi connectivity index (χ2n) is 2.53. The zero-order chi connectivity index (χ0) is 9.26. The van der Waals surface area contributed by atoms with Crippen LogP contribution in [0.1, 0.15) is 0 Å². The third-order valence-electron chi connectivity index (χ3n) is 1.72. The van der Waals surface area contributed by atoms with Gasteiger partial charge in [-0.1, -0.05) is 23.4 Å². The summed E-state index contributed by atoms with van der Waals surface area (Å²) in [5, 5.41) is 13.2. The Morgan fingerprint density at radius 3 is 2.62 bits per heavy atom. The molecule has 3 nitrogen and oxygen atoms in total. The molecule has 0 bridgehead atoms. The van der Waals surface area contributed by atoms with Gasteiger partial charge < -0.3 is 9.63 Å². The van der Waals surface area contributed by atoms with Crippen molar-refractivity contribution in [3.05, 3.63) is 35.7 Å². The van der Waals surface area contributed by atoms with E-state index >= 15 is 0 Å². The van der Waals surface area contributed by atoms with Crippen molar-refractivity contribution in [3.8, 4) is 16.9 Å². The highest BCUT2D eigenvalue weighted by atomic mass is 35.5. The van der Waals surface area contributed by atoms with Gasteiger partial charge in [0.2, 0.25) is 5.22 Å². The zero-order valence-electron chi connectivity index (χ0n) is 6.57. The molecule has 0 amide bonds. The molecule has 0 unspecified atom stereocenters. The van der Waals surface area contributed by atoms with Crippen LogP contribution in [0.5, 0.6) is 5.75 Å². The van der Waals surface area contributed by atoms with Crippen LogP contribution in [0.3, 0.4) is 0 Å². The fourth-order valence-electron chi connectivity index (χ4n) is 1.10. The van der Waals surface area contributed by atoms with Crippen LogP contribution in [0.25, 0.3) is 11.1 Å². The van der Waals surface area contributed by atoms with Gasteiger partial charge in [0.25, 0.3) is 0 Å². The highest BCUT2D eigenvalue weighted by Gasteiger charge is 2.10.